The van der Waals surface area contributed by atoms with Gasteiger partial charge in [0.05, 0.1) is 8.07 Å². The molecule has 0 saturated heterocycles. The van der Waals surface area contributed by atoms with Gasteiger partial charge in [-0.3, -0.25) is 0 Å². The fraction of sp³-hybridized carbons (Fsp3) is 1.00. The van der Waals surface area contributed by atoms with Crippen LogP contribution in [0.5, 0.6) is 0 Å². The third-order valence-corrected chi connectivity index (χ3v) is 15.2. The minimum absolute atomic E-state index is 0.838. The van der Waals surface area contributed by atoms with E-state index < -0.39 is 8.07 Å². The number of hydrogen-bond acceptors (Lipinski definition) is 0. The smallest absolute Gasteiger partial charge is 0.0527 e. The Morgan fingerprint density at radius 3 is 0.657 bits per heavy atom. The molecule has 0 heterocycles. The van der Waals surface area contributed by atoms with Crippen molar-refractivity contribution in [2.75, 3.05) is 0 Å². The molecule has 0 radical (unpaired) electrons. The molecule has 0 aliphatic heterocycles. The van der Waals surface area contributed by atoms with Crippen LogP contribution in [0.1, 0.15) is 195 Å². The highest BCUT2D eigenvalue weighted by Crippen LogP contribution is 2.27. The van der Waals surface area contributed by atoms with Gasteiger partial charge < -0.3 is 0 Å². The second kappa shape index (κ2) is 28.8. The van der Waals surface area contributed by atoms with Crippen LogP contribution >= 0.6 is 0 Å². The van der Waals surface area contributed by atoms with Crippen molar-refractivity contribution in [3.63, 3.8) is 0 Å². The van der Waals surface area contributed by atoms with E-state index in [9.17, 15) is 0 Å². The van der Waals surface area contributed by atoms with Crippen LogP contribution in [0.3, 0.4) is 0 Å². The van der Waals surface area contributed by atoms with Gasteiger partial charge in [-0.05, 0) is 0 Å². The maximum absolute atomic E-state index is 2.46. The highest BCUT2D eigenvalue weighted by Gasteiger charge is 2.25. The van der Waals surface area contributed by atoms with Crippen molar-refractivity contribution in [2.45, 2.75) is 219 Å². The zero-order valence-electron chi connectivity index (χ0n) is 25.7. The van der Waals surface area contributed by atoms with Gasteiger partial charge in [-0.1, -0.05) is 219 Å². The molecule has 0 aromatic carbocycles. The van der Waals surface area contributed by atoms with Crippen molar-refractivity contribution >= 4 is 8.07 Å². The van der Waals surface area contributed by atoms with Crippen molar-refractivity contribution in [1.82, 2.24) is 0 Å². The Balaban J connectivity index is 3.14. The molecule has 0 rings (SSSR count). The summed E-state index contributed by atoms with van der Waals surface area (Å²) in [5.41, 5.74) is 0. The molecule has 0 fully saturated rings. The van der Waals surface area contributed by atoms with Gasteiger partial charge in [-0.25, -0.2) is 0 Å². The number of rotatable bonds is 30. The van der Waals surface area contributed by atoms with Crippen LogP contribution in [0.25, 0.3) is 0 Å². The Labute approximate surface area is 226 Å². The molecule has 0 unspecified atom stereocenters. The largest absolute Gasteiger partial charge is 0.0678 e. The predicted octanol–water partition coefficient (Wildman–Crippen LogP) is 13.7. The van der Waals surface area contributed by atoms with Crippen molar-refractivity contribution < 1.29 is 0 Å². The molecule has 0 spiro atoms. The van der Waals surface area contributed by atoms with Crippen LogP contribution in [0.4, 0.5) is 0 Å². The van der Waals surface area contributed by atoms with E-state index in [1.807, 2.05) is 0 Å². The first-order valence-corrected chi connectivity index (χ1v) is 20.1. The van der Waals surface area contributed by atoms with Gasteiger partial charge in [-0.15, -0.1) is 0 Å². The summed E-state index contributed by atoms with van der Waals surface area (Å²) >= 11 is 0. The Hall–Kier alpha value is 0.217. The van der Waals surface area contributed by atoms with Crippen molar-refractivity contribution in [3.8, 4) is 0 Å². The van der Waals surface area contributed by atoms with Gasteiger partial charge in [0.25, 0.3) is 0 Å². The van der Waals surface area contributed by atoms with E-state index in [-0.39, 0.29) is 0 Å². The van der Waals surface area contributed by atoms with E-state index in [4.69, 9.17) is 0 Å². The average Bonchev–Trinajstić information content (AvgIpc) is 2.89. The van der Waals surface area contributed by atoms with E-state index in [0.717, 1.165) is 0 Å². The molecular formula is C34H72Si. The summed E-state index contributed by atoms with van der Waals surface area (Å²) in [7, 11) is -0.838. The van der Waals surface area contributed by atoms with Crippen molar-refractivity contribution in [3.05, 3.63) is 0 Å². The molecule has 1 heteroatoms. The highest BCUT2D eigenvalue weighted by molar-refractivity contribution is 6.79. The fourth-order valence-corrected chi connectivity index (χ4v) is 9.66. The Morgan fingerprint density at radius 1 is 0.257 bits per heavy atom. The number of unbranched alkanes of at least 4 members (excludes halogenated alkanes) is 25. The van der Waals surface area contributed by atoms with E-state index in [1.165, 1.54) is 185 Å². The van der Waals surface area contributed by atoms with Crippen LogP contribution in [0.15, 0.2) is 0 Å². The Morgan fingerprint density at radius 2 is 0.457 bits per heavy atom. The maximum Gasteiger partial charge on any atom is 0.0527 e. The minimum atomic E-state index is -0.838. The summed E-state index contributed by atoms with van der Waals surface area (Å²) in [6.45, 7) is 9.68. The molecule has 0 saturated carbocycles. The van der Waals surface area contributed by atoms with E-state index >= 15 is 0 Å². The molecule has 212 valence electrons. The van der Waals surface area contributed by atoms with E-state index in [0.29, 0.717) is 0 Å². The van der Waals surface area contributed by atoms with Crippen LogP contribution in [0, 0.1) is 0 Å². The van der Waals surface area contributed by atoms with E-state index in [2.05, 4.69) is 27.7 Å². The lowest BCUT2D eigenvalue weighted by atomic mass is 10.0. The first-order valence-electron chi connectivity index (χ1n) is 17.2. The molecule has 35 heavy (non-hydrogen) atoms. The lowest BCUT2D eigenvalue weighted by Gasteiger charge is -2.28. The summed E-state index contributed by atoms with van der Waals surface area (Å²) in [6, 6.07) is 6.15. The molecule has 0 aromatic heterocycles. The molecule has 0 amide bonds. The summed E-state index contributed by atoms with van der Waals surface area (Å²) in [5.74, 6) is 0. The average molecular weight is 509 g/mol. The molecule has 0 aliphatic carbocycles. The third-order valence-electron chi connectivity index (χ3n) is 9.31. The monoisotopic (exact) mass is 509 g/mol. The molecule has 0 aliphatic rings. The van der Waals surface area contributed by atoms with Gasteiger partial charge in [0.2, 0.25) is 0 Å². The van der Waals surface area contributed by atoms with Gasteiger partial charge >= 0.3 is 0 Å². The third kappa shape index (κ3) is 24.3. The fourth-order valence-electron chi connectivity index (χ4n) is 6.10. The summed E-state index contributed by atoms with van der Waals surface area (Å²) in [5, 5.41) is 0. The minimum Gasteiger partial charge on any atom is -0.0678 e. The van der Waals surface area contributed by atoms with Crippen LogP contribution in [-0.4, -0.2) is 8.07 Å². The first-order chi connectivity index (χ1) is 17.2. The molecule has 0 nitrogen and oxygen atoms in total. The maximum atomic E-state index is 2.46. The standard InChI is InChI=1S/C34H72Si/c1-5-9-10-11-12-13-14-15-16-17-18-19-20-21-22-23-24-25-26-27-28-29-30-31-32-33-34-35(6-2,7-3)8-4/h5-34H2,1-4H3. The highest BCUT2D eigenvalue weighted by atomic mass is 28.3. The topological polar surface area (TPSA) is 0 Å². The normalized spacial score (nSPS) is 12.0. The molecular weight excluding hydrogens is 436 g/mol. The van der Waals surface area contributed by atoms with Gasteiger partial charge in [0.1, 0.15) is 0 Å². The lowest BCUT2D eigenvalue weighted by Crippen LogP contribution is -2.30. The Bertz CT molecular complexity index is 365. The van der Waals surface area contributed by atoms with Crippen LogP contribution in [0.2, 0.25) is 24.2 Å². The van der Waals surface area contributed by atoms with E-state index in [1.54, 1.807) is 6.04 Å². The van der Waals surface area contributed by atoms with Crippen molar-refractivity contribution in [2.24, 2.45) is 0 Å². The SMILES string of the molecule is CCCCCCCCCCCCCCCCCCCCCCCCCCCC[Si](CC)(CC)CC. The zero-order valence-corrected chi connectivity index (χ0v) is 26.7. The van der Waals surface area contributed by atoms with Gasteiger partial charge in [0, 0.05) is 0 Å². The Kier molecular flexibility index (Phi) is 29.0. The lowest BCUT2D eigenvalue weighted by molar-refractivity contribution is 0.516. The predicted molar refractivity (Wildman–Crippen MR) is 168 cm³/mol. The molecule has 0 bridgehead atoms. The van der Waals surface area contributed by atoms with Gasteiger partial charge in [0.15, 0.2) is 0 Å². The molecule has 0 aromatic rings. The quantitative estimate of drug-likeness (QED) is 0.0668. The first kappa shape index (κ1) is 35.2. The summed E-state index contributed by atoms with van der Waals surface area (Å²) in [6.07, 6.45) is 38.7. The van der Waals surface area contributed by atoms with Crippen molar-refractivity contribution in [1.29, 1.82) is 0 Å². The van der Waals surface area contributed by atoms with Gasteiger partial charge in [-0.2, -0.15) is 0 Å². The summed E-state index contributed by atoms with van der Waals surface area (Å²) in [4.78, 5) is 0. The molecule has 0 N–H and O–H groups in total. The second-order valence-corrected chi connectivity index (χ2v) is 17.8. The zero-order chi connectivity index (χ0) is 25.7. The summed E-state index contributed by atoms with van der Waals surface area (Å²) < 4.78 is 0. The van der Waals surface area contributed by atoms with Crippen LogP contribution in [-0.2, 0) is 0 Å². The number of hydrogen-bond donors (Lipinski definition) is 0. The molecule has 0 atom stereocenters. The second-order valence-electron chi connectivity index (χ2n) is 12.1. The van der Waals surface area contributed by atoms with Crippen LogP contribution < -0.4 is 0 Å².